The van der Waals surface area contributed by atoms with Crippen LogP contribution < -0.4 is 10.6 Å². The Morgan fingerprint density at radius 2 is 2.10 bits per heavy atom. The molecule has 0 radical (unpaired) electrons. The quantitative estimate of drug-likeness (QED) is 0.686. The topological polar surface area (TPSA) is 78.5 Å². The van der Waals surface area contributed by atoms with E-state index in [1.807, 2.05) is 25.1 Å². The van der Waals surface area contributed by atoms with Crippen LogP contribution in [0.15, 0.2) is 29.0 Å². The Bertz CT molecular complexity index is 767. The molecular formula is C13H13BrN6. The van der Waals surface area contributed by atoms with Gasteiger partial charge in [-0.25, -0.2) is 4.98 Å². The van der Waals surface area contributed by atoms with Crippen LogP contribution in [-0.4, -0.2) is 27.0 Å². The number of hydrogen-bond donors (Lipinski definition) is 3. The Morgan fingerprint density at radius 3 is 2.90 bits per heavy atom. The molecule has 0 amide bonds. The third kappa shape index (κ3) is 2.32. The molecule has 3 rings (SSSR count). The molecule has 0 spiro atoms. The molecule has 7 heteroatoms. The number of aryl methyl sites for hydroxylation is 1. The highest BCUT2D eigenvalue weighted by Gasteiger charge is 2.10. The summed E-state index contributed by atoms with van der Waals surface area (Å²) in [5.41, 5.74) is 3.52. The highest BCUT2D eigenvalue weighted by atomic mass is 79.9. The Labute approximate surface area is 124 Å². The first-order valence-corrected chi connectivity index (χ1v) is 6.88. The van der Waals surface area contributed by atoms with Gasteiger partial charge in [-0.2, -0.15) is 9.97 Å². The summed E-state index contributed by atoms with van der Waals surface area (Å²) < 4.78 is 1.01. The van der Waals surface area contributed by atoms with Gasteiger partial charge >= 0.3 is 0 Å². The number of aromatic nitrogens is 4. The van der Waals surface area contributed by atoms with E-state index in [-0.39, 0.29) is 0 Å². The highest BCUT2D eigenvalue weighted by molar-refractivity contribution is 9.10. The Balaban J connectivity index is 2.09. The summed E-state index contributed by atoms with van der Waals surface area (Å²) in [7, 11) is 1.78. The molecule has 3 N–H and O–H groups in total. The first-order valence-electron chi connectivity index (χ1n) is 6.09. The van der Waals surface area contributed by atoms with Crippen molar-refractivity contribution < 1.29 is 0 Å². The molecule has 0 saturated carbocycles. The highest BCUT2D eigenvalue weighted by Crippen LogP contribution is 2.27. The van der Waals surface area contributed by atoms with Gasteiger partial charge in [-0.1, -0.05) is 22.0 Å². The second-order valence-electron chi connectivity index (χ2n) is 4.33. The molecule has 0 unspecified atom stereocenters. The summed E-state index contributed by atoms with van der Waals surface area (Å²) in [6.45, 7) is 2.04. The summed E-state index contributed by atoms with van der Waals surface area (Å²) >= 11 is 3.47. The number of nitrogens with zero attached hydrogens (tertiary/aromatic N) is 3. The van der Waals surface area contributed by atoms with Crippen molar-refractivity contribution >= 4 is 44.5 Å². The smallest absolute Gasteiger partial charge is 0.226 e. The van der Waals surface area contributed by atoms with Gasteiger partial charge in [-0.15, -0.1) is 0 Å². The maximum Gasteiger partial charge on any atom is 0.226 e. The molecule has 0 atom stereocenters. The molecule has 0 aliphatic heterocycles. The fraction of sp³-hybridized carbons (Fsp3) is 0.154. The van der Waals surface area contributed by atoms with E-state index in [1.165, 1.54) is 0 Å². The second-order valence-corrected chi connectivity index (χ2v) is 5.25. The normalized spacial score (nSPS) is 10.8. The van der Waals surface area contributed by atoms with Crippen LogP contribution in [0, 0.1) is 6.92 Å². The molecule has 0 saturated heterocycles. The average Bonchev–Trinajstić information content (AvgIpc) is 2.91. The van der Waals surface area contributed by atoms with Gasteiger partial charge in [0.05, 0.1) is 6.33 Å². The number of nitrogens with one attached hydrogen (secondary N) is 3. The predicted molar refractivity (Wildman–Crippen MR) is 83.4 cm³/mol. The first kappa shape index (κ1) is 12.9. The number of benzene rings is 1. The number of halogens is 1. The summed E-state index contributed by atoms with van der Waals surface area (Å²) in [5, 5.41) is 6.26. The van der Waals surface area contributed by atoms with Crippen LogP contribution in [0.4, 0.5) is 17.5 Å². The fourth-order valence-electron chi connectivity index (χ4n) is 1.89. The molecule has 0 aliphatic carbocycles. The third-order valence-electron chi connectivity index (χ3n) is 2.96. The molecule has 6 nitrogen and oxygen atoms in total. The number of fused-ring (bicyclic) bond motifs is 1. The summed E-state index contributed by atoms with van der Waals surface area (Å²) in [6, 6.07) is 6.06. The fourth-order valence-corrected chi connectivity index (χ4v) is 2.25. The molecule has 1 aromatic carbocycles. The van der Waals surface area contributed by atoms with E-state index < -0.39 is 0 Å². The standard InChI is InChI=1S/C13H13BrN6/c1-7-3-4-8(14)5-9(7)18-12-10-11(17-6-16-10)19-13(15-2)20-12/h3-6H,1-2H3,(H3,15,16,17,18,19,20). The monoisotopic (exact) mass is 332 g/mol. The zero-order chi connectivity index (χ0) is 14.1. The van der Waals surface area contributed by atoms with Crippen molar-refractivity contribution in [2.24, 2.45) is 0 Å². The van der Waals surface area contributed by atoms with Crippen molar-refractivity contribution in [2.75, 3.05) is 17.7 Å². The minimum Gasteiger partial charge on any atom is -0.357 e. The lowest BCUT2D eigenvalue weighted by Gasteiger charge is -2.11. The number of aromatic amines is 1. The van der Waals surface area contributed by atoms with Gasteiger partial charge in [0.25, 0.3) is 0 Å². The van der Waals surface area contributed by atoms with E-state index in [4.69, 9.17) is 0 Å². The number of hydrogen-bond acceptors (Lipinski definition) is 5. The van der Waals surface area contributed by atoms with Crippen LogP contribution in [-0.2, 0) is 0 Å². The van der Waals surface area contributed by atoms with E-state index in [1.54, 1.807) is 13.4 Å². The number of H-pyrrole nitrogens is 1. The second kappa shape index (κ2) is 5.09. The van der Waals surface area contributed by atoms with Crippen molar-refractivity contribution in [1.29, 1.82) is 0 Å². The molecular weight excluding hydrogens is 320 g/mol. The molecule has 0 bridgehead atoms. The zero-order valence-corrected chi connectivity index (χ0v) is 12.6. The lowest BCUT2D eigenvalue weighted by Crippen LogP contribution is -2.02. The van der Waals surface area contributed by atoms with E-state index in [2.05, 4.69) is 46.5 Å². The van der Waals surface area contributed by atoms with Crippen LogP contribution in [0.5, 0.6) is 0 Å². The predicted octanol–water partition coefficient (Wildman–Crippen LogP) is 3.21. The SMILES string of the molecule is CNc1nc(Nc2cc(Br)ccc2C)c2[nH]cnc2n1. The number of rotatable bonds is 3. The summed E-state index contributed by atoms with van der Waals surface area (Å²) in [4.78, 5) is 15.9. The van der Waals surface area contributed by atoms with Crippen LogP contribution >= 0.6 is 15.9 Å². The van der Waals surface area contributed by atoms with Crippen LogP contribution in [0.2, 0.25) is 0 Å². The largest absolute Gasteiger partial charge is 0.357 e. The van der Waals surface area contributed by atoms with Gasteiger partial charge in [-0.3, -0.25) is 0 Å². The number of anilines is 3. The molecule has 2 aromatic heterocycles. The van der Waals surface area contributed by atoms with Gasteiger partial charge in [0, 0.05) is 17.2 Å². The van der Waals surface area contributed by atoms with E-state index >= 15 is 0 Å². The van der Waals surface area contributed by atoms with Gasteiger partial charge < -0.3 is 15.6 Å². The summed E-state index contributed by atoms with van der Waals surface area (Å²) in [6.07, 6.45) is 1.61. The molecule has 0 fully saturated rings. The Kier molecular flexibility index (Phi) is 3.27. The van der Waals surface area contributed by atoms with Crippen molar-refractivity contribution in [1.82, 2.24) is 19.9 Å². The van der Waals surface area contributed by atoms with Crippen molar-refractivity contribution in [3.8, 4) is 0 Å². The van der Waals surface area contributed by atoms with Crippen molar-refractivity contribution in [3.05, 3.63) is 34.6 Å². The third-order valence-corrected chi connectivity index (χ3v) is 3.46. The Hall–Kier alpha value is -2.15. The first-order chi connectivity index (χ1) is 9.67. The zero-order valence-electron chi connectivity index (χ0n) is 11.0. The molecule has 20 heavy (non-hydrogen) atoms. The lowest BCUT2D eigenvalue weighted by molar-refractivity contribution is 1.17. The lowest BCUT2D eigenvalue weighted by atomic mass is 10.2. The maximum absolute atomic E-state index is 4.44. The van der Waals surface area contributed by atoms with Gasteiger partial charge in [0.2, 0.25) is 5.95 Å². The van der Waals surface area contributed by atoms with Crippen molar-refractivity contribution in [3.63, 3.8) is 0 Å². The Morgan fingerprint density at radius 1 is 1.25 bits per heavy atom. The van der Waals surface area contributed by atoms with Crippen LogP contribution in [0.3, 0.4) is 0 Å². The minimum atomic E-state index is 0.528. The van der Waals surface area contributed by atoms with Crippen LogP contribution in [0.1, 0.15) is 5.56 Å². The molecule has 3 aromatic rings. The van der Waals surface area contributed by atoms with E-state index in [9.17, 15) is 0 Å². The van der Waals surface area contributed by atoms with Gasteiger partial charge in [0.1, 0.15) is 5.52 Å². The minimum absolute atomic E-state index is 0.528. The molecule has 2 heterocycles. The van der Waals surface area contributed by atoms with Gasteiger partial charge in [-0.05, 0) is 24.6 Å². The van der Waals surface area contributed by atoms with Gasteiger partial charge in [0.15, 0.2) is 11.5 Å². The van der Waals surface area contributed by atoms with Crippen molar-refractivity contribution in [2.45, 2.75) is 6.92 Å². The average molecular weight is 333 g/mol. The van der Waals surface area contributed by atoms with Crippen LogP contribution in [0.25, 0.3) is 11.2 Å². The maximum atomic E-state index is 4.44. The number of imidazole rings is 1. The van der Waals surface area contributed by atoms with E-state index in [0.29, 0.717) is 17.4 Å². The molecule has 102 valence electrons. The molecule has 0 aliphatic rings. The van der Waals surface area contributed by atoms with E-state index in [0.717, 1.165) is 21.2 Å². The summed E-state index contributed by atoms with van der Waals surface area (Å²) in [5.74, 6) is 1.22.